The highest BCUT2D eigenvalue weighted by Gasteiger charge is 2.37. The summed E-state index contributed by atoms with van der Waals surface area (Å²) >= 11 is 0. The van der Waals surface area contributed by atoms with Gasteiger partial charge in [0.1, 0.15) is 5.82 Å². The predicted molar refractivity (Wildman–Crippen MR) is 78.4 cm³/mol. The maximum absolute atomic E-state index is 13.2. The second-order valence-corrected chi connectivity index (χ2v) is 5.00. The second kappa shape index (κ2) is 7.33. The number of rotatable bonds is 5. The molecule has 0 saturated heterocycles. The molecule has 0 aromatic carbocycles. The van der Waals surface area contributed by atoms with Gasteiger partial charge in [-0.3, -0.25) is 9.78 Å². The number of hydrogen-bond donors (Lipinski definition) is 1. The maximum atomic E-state index is 13.2. The van der Waals surface area contributed by atoms with Gasteiger partial charge in [0, 0.05) is 18.2 Å². The van der Waals surface area contributed by atoms with Crippen molar-refractivity contribution in [1.29, 1.82) is 0 Å². The van der Waals surface area contributed by atoms with Crippen LogP contribution >= 0.6 is 0 Å². The van der Waals surface area contributed by atoms with Crippen molar-refractivity contribution in [1.82, 2.24) is 15.0 Å². The van der Waals surface area contributed by atoms with Crippen molar-refractivity contribution >= 4 is 11.6 Å². The summed E-state index contributed by atoms with van der Waals surface area (Å²) in [6, 6.07) is 0.974. The van der Waals surface area contributed by atoms with Crippen LogP contribution in [0.15, 0.2) is 24.7 Å². The first-order valence-corrected chi connectivity index (χ1v) is 7.16. The lowest BCUT2D eigenvalue weighted by molar-refractivity contribution is -0.140. The van der Waals surface area contributed by atoms with Crippen molar-refractivity contribution < 1.29 is 22.4 Å². The van der Waals surface area contributed by atoms with Crippen molar-refractivity contribution in [2.24, 2.45) is 0 Å². The lowest BCUT2D eigenvalue weighted by Gasteiger charge is -2.13. The Morgan fingerprint density at radius 3 is 2.62 bits per heavy atom. The number of unbranched alkanes of at least 4 members (excludes halogenated alkanes) is 1. The van der Waals surface area contributed by atoms with Gasteiger partial charge in [-0.1, -0.05) is 13.3 Å². The summed E-state index contributed by atoms with van der Waals surface area (Å²) in [5.74, 6) is -1.60. The van der Waals surface area contributed by atoms with Crippen LogP contribution < -0.4 is 5.32 Å². The fourth-order valence-corrected chi connectivity index (χ4v) is 1.91. The van der Waals surface area contributed by atoms with E-state index in [0.29, 0.717) is 6.42 Å². The summed E-state index contributed by atoms with van der Waals surface area (Å²) in [5, 5.41) is 2.17. The molecule has 5 nitrogen and oxygen atoms in total. The quantitative estimate of drug-likeness (QED) is 0.839. The van der Waals surface area contributed by atoms with Gasteiger partial charge in [0.15, 0.2) is 11.5 Å². The van der Waals surface area contributed by atoms with E-state index in [-0.39, 0.29) is 17.8 Å². The van der Waals surface area contributed by atoms with E-state index >= 15 is 0 Å². The molecular weight excluding hydrogens is 328 g/mol. The van der Waals surface area contributed by atoms with Gasteiger partial charge < -0.3 is 5.32 Å². The zero-order valence-electron chi connectivity index (χ0n) is 12.7. The Hall–Kier alpha value is -2.58. The lowest BCUT2D eigenvalue weighted by Crippen LogP contribution is -2.18. The highest BCUT2D eigenvalue weighted by atomic mass is 19.4. The number of nitrogens with zero attached hydrogens (tertiary/aromatic N) is 3. The Kier molecular flexibility index (Phi) is 5.42. The lowest BCUT2D eigenvalue weighted by atomic mass is 10.2. The van der Waals surface area contributed by atoms with Gasteiger partial charge in [0.2, 0.25) is 5.91 Å². The highest BCUT2D eigenvalue weighted by molar-refractivity contribution is 5.91. The Bertz CT molecular complexity index is 734. The van der Waals surface area contributed by atoms with Gasteiger partial charge in [-0.25, -0.2) is 14.4 Å². The molecule has 2 heterocycles. The predicted octanol–water partition coefficient (Wildman–Crippen LogP) is 3.83. The van der Waals surface area contributed by atoms with Crippen LogP contribution in [0.2, 0.25) is 0 Å². The van der Waals surface area contributed by atoms with E-state index in [0.717, 1.165) is 31.1 Å². The third-order valence-electron chi connectivity index (χ3n) is 3.05. The maximum Gasteiger partial charge on any atom is 0.435 e. The molecule has 0 saturated carbocycles. The Labute approximate surface area is 135 Å². The second-order valence-electron chi connectivity index (χ2n) is 5.00. The fourth-order valence-electron chi connectivity index (χ4n) is 1.91. The van der Waals surface area contributed by atoms with Crippen molar-refractivity contribution in [2.75, 3.05) is 5.32 Å². The molecule has 0 aliphatic carbocycles. The number of alkyl halides is 3. The van der Waals surface area contributed by atoms with Crippen LogP contribution in [-0.2, 0) is 11.0 Å². The molecule has 0 aliphatic heterocycles. The monoisotopic (exact) mass is 342 g/mol. The van der Waals surface area contributed by atoms with Gasteiger partial charge in [-0.15, -0.1) is 0 Å². The summed E-state index contributed by atoms with van der Waals surface area (Å²) in [6.45, 7) is 1.86. The van der Waals surface area contributed by atoms with Gasteiger partial charge in [-0.2, -0.15) is 13.2 Å². The molecule has 1 N–H and O–H groups in total. The molecule has 9 heteroatoms. The van der Waals surface area contributed by atoms with E-state index in [4.69, 9.17) is 0 Å². The van der Waals surface area contributed by atoms with E-state index in [1.54, 1.807) is 0 Å². The molecule has 1 amide bonds. The summed E-state index contributed by atoms with van der Waals surface area (Å²) in [4.78, 5) is 22.4. The zero-order valence-corrected chi connectivity index (χ0v) is 12.7. The summed E-state index contributed by atoms with van der Waals surface area (Å²) in [7, 11) is 0. The van der Waals surface area contributed by atoms with E-state index < -0.39 is 29.3 Å². The minimum atomic E-state index is -4.80. The van der Waals surface area contributed by atoms with Crippen molar-refractivity contribution in [2.45, 2.75) is 32.4 Å². The molecule has 0 unspecified atom stereocenters. The number of nitrogens with one attached hydrogen (secondary N) is 1. The zero-order chi connectivity index (χ0) is 17.7. The van der Waals surface area contributed by atoms with Crippen LogP contribution in [0.4, 0.5) is 23.2 Å². The number of halogens is 4. The number of hydrogen-bond acceptors (Lipinski definition) is 4. The van der Waals surface area contributed by atoms with E-state index in [9.17, 15) is 22.4 Å². The molecule has 2 aromatic rings. The SMILES string of the molecule is CCCCC(=O)Nc1cnc(-c2cncc(F)c2)nc1C(F)(F)F. The number of carbonyl (C=O) groups is 1. The number of carbonyl (C=O) groups excluding carboxylic acids is 1. The molecule has 0 atom stereocenters. The topological polar surface area (TPSA) is 67.8 Å². The highest BCUT2D eigenvalue weighted by Crippen LogP contribution is 2.34. The van der Waals surface area contributed by atoms with Gasteiger partial charge in [0.25, 0.3) is 0 Å². The first-order chi connectivity index (χ1) is 11.3. The van der Waals surface area contributed by atoms with Crippen LogP contribution in [0.5, 0.6) is 0 Å². The average molecular weight is 342 g/mol. The first-order valence-electron chi connectivity index (χ1n) is 7.16. The summed E-state index contributed by atoms with van der Waals surface area (Å²) < 4.78 is 52.7. The van der Waals surface area contributed by atoms with Crippen molar-refractivity contribution in [3.63, 3.8) is 0 Å². The summed E-state index contributed by atoms with van der Waals surface area (Å²) in [6.07, 6.45) is -0.480. The third-order valence-corrected chi connectivity index (χ3v) is 3.05. The third kappa shape index (κ3) is 4.46. The van der Waals surface area contributed by atoms with Crippen LogP contribution in [-0.4, -0.2) is 20.9 Å². The molecule has 2 rings (SSSR count). The van der Waals surface area contributed by atoms with Crippen LogP contribution in [0.1, 0.15) is 31.9 Å². The number of amides is 1. The number of pyridine rings is 1. The standard InChI is InChI=1S/C15H14F4N4O/c1-2-3-4-12(24)22-11-8-21-14(23-13(11)15(17,18)19)9-5-10(16)7-20-6-9/h5-8H,2-4H2,1H3,(H,22,24). The van der Waals surface area contributed by atoms with Gasteiger partial charge in [0.05, 0.1) is 18.1 Å². The Morgan fingerprint density at radius 2 is 2.00 bits per heavy atom. The molecule has 0 spiro atoms. The Balaban J connectivity index is 2.37. The fraction of sp³-hybridized carbons (Fsp3) is 0.333. The minimum absolute atomic E-state index is 0.00404. The van der Waals surface area contributed by atoms with Crippen molar-refractivity contribution in [3.8, 4) is 11.4 Å². The molecule has 0 bridgehead atoms. The normalized spacial score (nSPS) is 11.4. The molecule has 0 aliphatic rings. The number of anilines is 1. The first kappa shape index (κ1) is 17.8. The molecule has 0 fully saturated rings. The molecule has 0 radical (unpaired) electrons. The van der Waals surface area contributed by atoms with E-state index in [1.807, 2.05) is 6.92 Å². The minimum Gasteiger partial charge on any atom is -0.323 e. The van der Waals surface area contributed by atoms with Gasteiger partial charge >= 0.3 is 6.18 Å². The average Bonchev–Trinajstić information content (AvgIpc) is 2.52. The van der Waals surface area contributed by atoms with E-state index in [1.165, 1.54) is 0 Å². The molecular formula is C15H14F4N4O. The largest absolute Gasteiger partial charge is 0.435 e. The van der Waals surface area contributed by atoms with E-state index in [2.05, 4.69) is 20.3 Å². The summed E-state index contributed by atoms with van der Waals surface area (Å²) in [5.41, 5.74) is -1.82. The Morgan fingerprint density at radius 1 is 1.25 bits per heavy atom. The van der Waals surface area contributed by atoms with Crippen LogP contribution in [0.3, 0.4) is 0 Å². The van der Waals surface area contributed by atoms with Crippen LogP contribution in [0.25, 0.3) is 11.4 Å². The van der Waals surface area contributed by atoms with Crippen molar-refractivity contribution in [3.05, 3.63) is 36.2 Å². The molecule has 24 heavy (non-hydrogen) atoms. The molecule has 128 valence electrons. The van der Waals surface area contributed by atoms with Gasteiger partial charge in [-0.05, 0) is 12.5 Å². The smallest absolute Gasteiger partial charge is 0.323 e. The molecule has 2 aromatic heterocycles. The number of aromatic nitrogens is 3. The van der Waals surface area contributed by atoms with Crippen LogP contribution in [0, 0.1) is 5.82 Å².